The molecule has 1 saturated heterocycles. The van der Waals surface area contributed by atoms with Gasteiger partial charge in [0.05, 0.1) is 18.9 Å². The number of nitrogens with one attached hydrogen (secondary N) is 1. The molecular formula is C16H27N3O12. The third kappa shape index (κ3) is 4.47. The fourth-order valence-corrected chi connectivity index (χ4v) is 3.62. The first-order chi connectivity index (χ1) is 14.0. The quantitative estimate of drug-likeness (QED) is 0.156. The normalized spacial score (nSPS) is 33.4. The van der Waals surface area contributed by atoms with Gasteiger partial charge in [0.1, 0.15) is 29.9 Å². The number of amides is 1. The molecule has 12 N–H and O–H groups in total. The summed E-state index contributed by atoms with van der Waals surface area (Å²) < 4.78 is 5.18. The lowest BCUT2D eigenvalue weighted by Gasteiger charge is -2.55. The highest BCUT2D eigenvalue weighted by Gasteiger charge is 2.69. The molecule has 1 heterocycles. The summed E-state index contributed by atoms with van der Waals surface area (Å²) in [5.74, 6) is -12.5. The van der Waals surface area contributed by atoms with E-state index in [1.807, 2.05) is 5.32 Å². The fraction of sp³-hybridized carbons (Fsp3) is 0.750. The maximum Gasteiger partial charge on any atom is 0.326 e. The molecule has 1 aliphatic heterocycles. The predicted octanol–water partition coefficient (Wildman–Crippen LogP) is -5.03. The van der Waals surface area contributed by atoms with Crippen LogP contribution in [0.25, 0.3) is 0 Å². The molecule has 0 bridgehead atoms. The molecule has 1 aliphatic rings. The summed E-state index contributed by atoms with van der Waals surface area (Å²) in [5, 5.41) is 71.9. The van der Waals surface area contributed by atoms with E-state index in [9.17, 15) is 54.9 Å². The van der Waals surface area contributed by atoms with E-state index in [4.69, 9.17) is 16.2 Å². The molecule has 0 aromatic heterocycles. The fourth-order valence-electron chi connectivity index (χ4n) is 3.62. The van der Waals surface area contributed by atoms with Crippen LogP contribution in [-0.4, -0.2) is 107 Å². The lowest BCUT2D eigenvalue weighted by molar-refractivity contribution is -0.346. The summed E-state index contributed by atoms with van der Waals surface area (Å²) in [6.07, 6.45) is -7.21. The Morgan fingerprint density at radius 1 is 1.10 bits per heavy atom. The summed E-state index contributed by atoms with van der Waals surface area (Å²) in [7, 11) is 0. The van der Waals surface area contributed by atoms with Crippen molar-refractivity contribution in [1.82, 2.24) is 5.32 Å². The molecule has 15 nitrogen and oxygen atoms in total. The van der Waals surface area contributed by atoms with Crippen molar-refractivity contribution in [2.45, 2.75) is 61.5 Å². The van der Waals surface area contributed by atoms with Crippen LogP contribution in [0.15, 0.2) is 0 Å². The topological polar surface area (TPSA) is 283 Å². The van der Waals surface area contributed by atoms with Gasteiger partial charge in [0.15, 0.2) is 11.3 Å². The number of carbonyl (C=O) groups excluding carboxylic acids is 1. The van der Waals surface area contributed by atoms with Crippen LogP contribution in [0.2, 0.25) is 0 Å². The van der Waals surface area contributed by atoms with Crippen LogP contribution >= 0.6 is 0 Å². The molecule has 0 radical (unpaired) electrons. The van der Waals surface area contributed by atoms with Gasteiger partial charge >= 0.3 is 17.9 Å². The Labute approximate surface area is 175 Å². The van der Waals surface area contributed by atoms with Crippen molar-refractivity contribution in [2.24, 2.45) is 17.4 Å². The summed E-state index contributed by atoms with van der Waals surface area (Å²) in [4.78, 5) is 47.0. The smallest absolute Gasteiger partial charge is 0.326 e. The van der Waals surface area contributed by atoms with Crippen LogP contribution in [0.5, 0.6) is 0 Å². The Balaban J connectivity index is 3.89. The molecule has 8 atom stereocenters. The van der Waals surface area contributed by atoms with E-state index in [-0.39, 0.29) is 0 Å². The van der Waals surface area contributed by atoms with E-state index in [0.717, 1.165) is 6.92 Å². The van der Waals surface area contributed by atoms with Crippen LogP contribution in [-0.2, 0) is 23.9 Å². The molecular weight excluding hydrogens is 426 g/mol. The maximum absolute atomic E-state index is 12.1. The second kappa shape index (κ2) is 8.99. The summed E-state index contributed by atoms with van der Waals surface area (Å²) in [5.41, 5.74) is 5.31. The number of aliphatic hydroxyl groups is 4. The molecule has 1 rings (SSSR count). The number of carboxylic acid groups (broad SMARTS) is 3. The van der Waals surface area contributed by atoms with Crippen molar-refractivity contribution in [2.75, 3.05) is 6.61 Å². The van der Waals surface area contributed by atoms with E-state index < -0.39 is 84.0 Å². The number of aliphatic carboxylic acids is 3. The maximum atomic E-state index is 12.1. The van der Waals surface area contributed by atoms with E-state index in [2.05, 4.69) is 0 Å². The standard InChI is InChI=1S/C16H27N3O12/c1-5(21)19-11-10(25)9(24)6(4-20)31-16(11,30)7(3-8(22)23)15(18,13(28)29)14(2,17)12(26)27/h6-7,9-11,20,24-25,30H,3-4,17-18H2,1-2H3,(H,19,21)(H,22,23)(H,26,27)(H,28,29)/t6-,7?,9+,10+,11-,14?,15?,16?/m1/s1. The lowest BCUT2D eigenvalue weighted by Crippen LogP contribution is -2.82. The molecule has 0 aromatic carbocycles. The highest BCUT2D eigenvalue weighted by molar-refractivity contribution is 5.93. The Hall–Kier alpha value is -2.40. The van der Waals surface area contributed by atoms with Gasteiger partial charge in [-0.3, -0.25) is 19.2 Å². The zero-order valence-corrected chi connectivity index (χ0v) is 16.6. The highest BCUT2D eigenvalue weighted by Crippen LogP contribution is 2.43. The Bertz CT molecular complexity index is 745. The van der Waals surface area contributed by atoms with Gasteiger partial charge in [-0.25, -0.2) is 0 Å². The van der Waals surface area contributed by atoms with Gasteiger partial charge in [0, 0.05) is 6.92 Å². The average molecular weight is 453 g/mol. The predicted molar refractivity (Wildman–Crippen MR) is 97.1 cm³/mol. The second-order valence-corrected chi connectivity index (χ2v) is 7.58. The van der Waals surface area contributed by atoms with Gasteiger partial charge < -0.3 is 57.3 Å². The molecule has 1 amide bonds. The zero-order valence-electron chi connectivity index (χ0n) is 16.6. The first-order valence-corrected chi connectivity index (χ1v) is 8.89. The van der Waals surface area contributed by atoms with E-state index in [1.54, 1.807) is 0 Å². The summed E-state index contributed by atoms with van der Waals surface area (Å²) in [6, 6.07) is -2.10. The number of nitrogens with two attached hydrogens (primary N) is 2. The molecule has 178 valence electrons. The summed E-state index contributed by atoms with van der Waals surface area (Å²) in [6.45, 7) is 0.532. The lowest BCUT2D eigenvalue weighted by atomic mass is 9.63. The second-order valence-electron chi connectivity index (χ2n) is 7.58. The molecule has 0 saturated carbocycles. The minimum Gasteiger partial charge on any atom is -0.481 e. The van der Waals surface area contributed by atoms with Crippen molar-refractivity contribution in [3.63, 3.8) is 0 Å². The van der Waals surface area contributed by atoms with Crippen LogP contribution in [0, 0.1) is 5.92 Å². The SMILES string of the molecule is CC(=O)N[C@@H]1[C@@H](O)[C@@H](O)[C@@H](CO)OC1(O)C(CC(=O)O)C(N)(C(=O)O)C(C)(N)C(=O)O. The Kier molecular flexibility index (Phi) is 7.73. The van der Waals surface area contributed by atoms with Crippen molar-refractivity contribution in [3.05, 3.63) is 0 Å². The van der Waals surface area contributed by atoms with Gasteiger partial charge in [-0.15, -0.1) is 0 Å². The molecule has 31 heavy (non-hydrogen) atoms. The Morgan fingerprint density at radius 2 is 1.61 bits per heavy atom. The summed E-state index contributed by atoms with van der Waals surface area (Å²) >= 11 is 0. The minimum absolute atomic E-state index is 0.659. The van der Waals surface area contributed by atoms with E-state index in [0.29, 0.717) is 6.92 Å². The minimum atomic E-state index is -3.27. The Morgan fingerprint density at radius 3 is 1.97 bits per heavy atom. The largest absolute Gasteiger partial charge is 0.481 e. The van der Waals surface area contributed by atoms with E-state index in [1.165, 1.54) is 0 Å². The number of aliphatic hydroxyl groups excluding tert-OH is 3. The third-order valence-electron chi connectivity index (χ3n) is 5.48. The first-order valence-electron chi connectivity index (χ1n) is 8.89. The molecule has 15 heteroatoms. The molecule has 1 fully saturated rings. The third-order valence-corrected chi connectivity index (χ3v) is 5.48. The van der Waals surface area contributed by atoms with Crippen LogP contribution in [0.4, 0.5) is 0 Å². The van der Waals surface area contributed by atoms with Crippen LogP contribution in [0.3, 0.4) is 0 Å². The van der Waals surface area contributed by atoms with Crippen molar-refractivity contribution in [1.29, 1.82) is 0 Å². The van der Waals surface area contributed by atoms with Gasteiger partial charge in [0.25, 0.3) is 0 Å². The molecule has 0 aliphatic carbocycles. The number of ether oxygens (including phenoxy) is 1. The number of rotatable bonds is 9. The number of carbonyl (C=O) groups is 4. The van der Waals surface area contributed by atoms with Gasteiger partial charge in [0.2, 0.25) is 5.91 Å². The molecule has 0 spiro atoms. The van der Waals surface area contributed by atoms with Crippen LogP contribution < -0.4 is 16.8 Å². The van der Waals surface area contributed by atoms with Crippen LogP contribution in [0.1, 0.15) is 20.3 Å². The van der Waals surface area contributed by atoms with Gasteiger partial charge in [-0.05, 0) is 6.92 Å². The monoisotopic (exact) mass is 453 g/mol. The number of carboxylic acids is 3. The van der Waals surface area contributed by atoms with Crippen molar-refractivity contribution < 1.29 is 59.7 Å². The van der Waals surface area contributed by atoms with Gasteiger partial charge in [-0.1, -0.05) is 0 Å². The average Bonchev–Trinajstić information content (AvgIpc) is 2.64. The highest BCUT2D eigenvalue weighted by atomic mass is 16.7. The molecule has 4 unspecified atom stereocenters. The van der Waals surface area contributed by atoms with Gasteiger partial charge in [-0.2, -0.15) is 0 Å². The van der Waals surface area contributed by atoms with Crippen molar-refractivity contribution in [3.8, 4) is 0 Å². The number of hydrogen-bond donors (Lipinski definition) is 10. The first kappa shape index (κ1) is 26.6. The van der Waals surface area contributed by atoms with E-state index >= 15 is 0 Å². The van der Waals surface area contributed by atoms with Crippen molar-refractivity contribution >= 4 is 23.8 Å². The number of hydrogen-bond acceptors (Lipinski definition) is 11. The zero-order chi connectivity index (χ0) is 24.5. The molecule has 0 aromatic rings.